The third-order valence-electron chi connectivity index (χ3n) is 3.46. The van der Waals surface area contributed by atoms with Crippen LogP contribution in [0.3, 0.4) is 0 Å². The van der Waals surface area contributed by atoms with Gasteiger partial charge in [-0.25, -0.2) is 0 Å². The molecule has 1 saturated heterocycles. The Bertz CT molecular complexity index is 279. The molecule has 15 heavy (non-hydrogen) atoms. The van der Waals surface area contributed by atoms with Crippen molar-refractivity contribution >= 4 is 5.91 Å². The van der Waals surface area contributed by atoms with Crippen LogP contribution in [0.2, 0.25) is 0 Å². The minimum absolute atomic E-state index is 0.0105. The predicted octanol–water partition coefficient (Wildman–Crippen LogP) is 0.519. The molecule has 0 bridgehead atoms. The molecule has 6 heteroatoms. The first-order chi connectivity index (χ1) is 6.91. The van der Waals surface area contributed by atoms with Gasteiger partial charge >= 0.3 is 12.1 Å². The Morgan fingerprint density at radius 3 is 2.67 bits per heavy atom. The summed E-state index contributed by atoms with van der Waals surface area (Å²) in [7, 11) is 0. The fourth-order valence-corrected chi connectivity index (χ4v) is 2.50. The lowest BCUT2D eigenvalue weighted by atomic mass is 10.1. The molecule has 2 rings (SSSR count). The molecule has 0 aromatic rings. The highest BCUT2D eigenvalue weighted by atomic mass is 19.4. The molecular weight excluding hydrogens is 209 g/mol. The van der Waals surface area contributed by atoms with Crippen LogP contribution in [0.5, 0.6) is 0 Å². The second-order valence-electron chi connectivity index (χ2n) is 4.32. The van der Waals surface area contributed by atoms with Gasteiger partial charge in [-0.15, -0.1) is 0 Å². The third-order valence-corrected chi connectivity index (χ3v) is 3.46. The maximum absolute atomic E-state index is 11.9. The lowest BCUT2D eigenvalue weighted by Gasteiger charge is -2.16. The molecule has 2 fully saturated rings. The van der Waals surface area contributed by atoms with Crippen molar-refractivity contribution in [3.05, 3.63) is 0 Å². The van der Waals surface area contributed by atoms with Gasteiger partial charge in [0.1, 0.15) is 0 Å². The maximum atomic E-state index is 11.9. The van der Waals surface area contributed by atoms with Gasteiger partial charge in [0.15, 0.2) is 0 Å². The van der Waals surface area contributed by atoms with E-state index in [0.29, 0.717) is 17.8 Å². The zero-order valence-electron chi connectivity index (χ0n) is 8.27. The molecule has 0 spiro atoms. The maximum Gasteiger partial charge on any atom is 0.471 e. The zero-order chi connectivity index (χ0) is 11.2. The Kier molecular flexibility index (Phi) is 2.41. The van der Waals surface area contributed by atoms with Gasteiger partial charge in [-0.1, -0.05) is 6.92 Å². The second-order valence-corrected chi connectivity index (χ2v) is 4.32. The molecule has 1 amide bonds. The van der Waals surface area contributed by atoms with Crippen molar-refractivity contribution < 1.29 is 18.0 Å². The highest BCUT2D eigenvalue weighted by Gasteiger charge is 2.55. The quantitative estimate of drug-likeness (QED) is 0.715. The van der Waals surface area contributed by atoms with E-state index in [1.54, 1.807) is 0 Å². The van der Waals surface area contributed by atoms with E-state index in [9.17, 15) is 18.0 Å². The first kappa shape index (κ1) is 10.7. The Balaban J connectivity index is 1.77. The van der Waals surface area contributed by atoms with E-state index in [1.807, 2.05) is 5.32 Å². The summed E-state index contributed by atoms with van der Waals surface area (Å²) in [6.45, 7) is 3.02. The third kappa shape index (κ3) is 1.95. The monoisotopic (exact) mass is 222 g/mol. The Morgan fingerprint density at radius 2 is 2.20 bits per heavy atom. The van der Waals surface area contributed by atoms with Crippen LogP contribution >= 0.6 is 0 Å². The SMILES string of the molecule is C[C@@H]1[C@@H]2CN[C@H](CNC(=O)C(F)(F)F)[C@H]12. The van der Waals surface area contributed by atoms with E-state index in [4.69, 9.17) is 0 Å². The summed E-state index contributed by atoms with van der Waals surface area (Å²) < 4.78 is 35.6. The first-order valence-corrected chi connectivity index (χ1v) is 4.99. The number of hydrogen-bond donors (Lipinski definition) is 2. The van der Waals surface area contributed by atoms with Gasteiger partial charge in [0.25, 0.3) is 0 Å². The number of carbonyl (C=O) groups is 1. The molecule has 0 radical (unpaired) electrons. The van der Waals surface area contributed by atoms with Crippen molar-refractivity contribution in [1.82, 2.24) is 10.6 Å². The first-order valence-electron chi connectivity index (χ1n) is 4.99. The summed E-state index contributed by atoms with van der Waals surface area (Å²) >= 11 is 0. The molecule has 4 atom stereocenters. The number of amides is 1. The van der Waals surface area contributed by atoms with Gasteiger partial charge in [0.05, 0.1) is 0 Å². The molecule has 3 nitrogen and oxygen atoms in total. The van der Waals surface area contributed by atoms with Crippen LogP contribution in [0, 0.1) is 17.8 Å². The summed E-state index contributed by atoms with van der Waals surface area (Å²) in [5.41, 5.74) is 0. The summed E-state index contributed by atoms with van der Waals surface area (Å²) in [4.78, 5) is 10.6. The average molecular weight is 222 g/mol. The zero-order valence-corrected chi connectivity index (χ0v) is 8.27. The normalized spacial score (nSPS) is 38.7. The lowest BCUT2D eigenvalue weighted by Crippen LogP contribution is -2.45. The van der Waals surface area contributed by atoms with E-state index >= 15 is 0 Å². The summed E-state index contributed by atoms with van der Waals surface area (Å²) in [5, 5.41) is 5.03. The smallest absolute Gasteiger partial charge is 0.347 e. The van der Waals surface area contributed by atoms with Gasteiger partial charge in [-0.2, -0.15) is 13.2 Å². The van der Waals surface area contributed by atoms with Gasteiger partial charge in [0.2, 0.25) is 0 Å². The molecule has 0 aromatic heterocycles. The van der Waals surface area contributed by atoms with E-state index in [0.717, 1.165) is 6.54 Å². The van der Waals surface area contributed by atoms with Crippen molar-refractivity contribution in [3.8, 4) is 0 Å². The number of fused-ring (bicyclic) bond motifs is 1. The van der Waals surface area contributed by atoms with Gasteiger partial charge < -0.3 is 10.6 Å². The van der Waals surface area contributed by atoms with E-state index in [2.05, 4.69) is 12.2 Å². The molecule has 1 aliphatic heterocycles. The molecule has 86 valence electrons. The van der Waals surface area contributed by atoms with Gasteiger partial charge in [-0.05, 0) is 24.3 Å². The molecule has 2 aliphatic rings. The van der Waals surface area contributed by atoms with Gasteiger partial charge in [-0.3, -0.25) is 4.79 Å². The van der Waals surface area contributed by atoms with E-state index in [-0.39, 0.29) is 12.6 Å². The fraction of sp³-hybridized carbons (Fsp3) is 0.889. The summed E-state index contributed by atoms with van der Waals surface area (Å²) in [6.07, 6.45) is -4.77. The summed E-state index contributed by atoms with van der Waals surface area (Å²) in [5.74, 6) is -0.226. The molecule has 2 N–H and O–H groups in total. The summed E-state index contributed by atoms with van der Waals surface area (Å²) in [6, 6.07) is 0.0105. The van der Waals surface area contributed by atoms with Crippen LogP contribution in [0.4, 0.5) is 13.2 Å². The van der Waals surface area contributed by atoms with Crippen molar-refractivity contribution in [2.24, 2.45) is 17.8 Å². The largest absolute Gasteiger partial charge is 0.471 e. The molecular formula is C9H13F3N2O. The molecule has 1 saturated carbocycles. The van der Waals surface area contributed by atoms with E-state index in [1.165, 1.54) is 0 Å². The molecule has 1 heterocycles. The van der Waals surface area contributed by atoms with Gasteiger partial charge in [0, 0.05) is 12.6 Å². The number of rotatable bonds is 2. The number of halogens is 3. The molecule has 0 aromatic carbocycles. The van der Waals surface area contributed by atoms with Crippen LogP contribution in [-0.4, -0.2) is 31.2 Å². The second kappa shape index (κ2) is 3.37. The number of piperidine rings is 1. The van der Waals surface area contributed by atoms with Crippen molar-refractivity contribution in [2.45, 2.75) is 19.1 Å². The lowest BCUT2D eigenvalue weighted by molar-refractivity contribution is -0.173. The minimum Gasteiger partial charge on any atom is -0.347 e. The predicted molar refractivity (Wildman–Crippen MR) is 47.0 cm³/mol. The van der Waals surface area contributed by atoms with Crippen molar-refractivity contribution in [2.75, 3.05) is 13.1 Å². The number of alkyl halides is 3. The Morgan fingerprint density at radius 1 is 1.53 bits per heavy atom. The Labute approximate surface area is 85.4 Å². The van der Waals surface area contributed by atoms with Crippen LogP contribution in [0.1, 0.15) is 6.92 Å². The minimum atomic E-state index is -4.77. The Hall–Kier alpha value is -0.780. The highest BCUT2D eigenvalue weighted by molar-refractivity contribution is 5.81. The topological polar surface area (TPSA) is 41.1 Å². The van der Waals surface area contributed by atoms with Crippen LogP contribution < -0.4 is 10.6 Å². The van der Waals surface area contributed by atoms with Crippen molar-refractivity contribution in [3.63, 3.8) is 0 Å². The number of nitrogens with one attached hydrogen (secondary N) is 2. The average Bonchev–Trinajstić information content (AvgIpc) is 2.61. The van der Waals surface area contributed by atoms with Crippen LogP contribution in [-0.2, 0) is 4.79 Å². The van der Waals surface area contributed by atoms with E-state index < -0.39 is 12.1 Å². The fourth-order valence-electron chi connectivity index (χ4n) is 2.50. The standard InChI is InChI=1S/C9H13F3N2O/c1-4-5-2-13-6(7(4)5)3-14-8(15)9(10,11)12/h4-7,13H,2-3H2,1H3,(H,14,15)/t4-,5+,6-,7-/m1/s1. The van der Waals surface area contributed by atoms with Crippen LogP contribution in [0.15, 0.2) is 0 Å². The van der Waals surface area contributed by atoms with Crippen molar-refractivity contribution in [1.29, 1.82) is 0 Å². The van der Waals surface area contributed by atoms with Crippen LogP contribution in [0.25, 0.3) is 0 Å². The molecule has 0 unspecified atom stereocenters. The highest BCUT2D eigenvalue weighted by Crippen LogP contribution is 2.51. The number of hydrogen-bond acceptors (Lipinski definition) is 2. The number of carbonyl (C=O) groups excluding carboxylic acids is 1. The molecule has 1 aliphatic carbocycles.